The van der Waals surface area contributed by atoms with Crippen LogP contribution < -0.4 is 0 Å². The van der Waals surface area contributed by atoms with E-state index in [4.69, 9.17) is 0 Å². The molecule has 18 heavy (non-hydrogen) atoms. The van der Waals surface area contributed by atoms with E-state index in [0.717, 1.165) is 13.1 Å². The van der Waals surface area contributed by atoms with Crippen LogP contribution in [0, 0.1) is 5.41 Å². The standard InChI is InChI=1S/C16H18N2/c1-17-6-8-18(9-7-17)15-12-16-5-3-2-4-14(16)10-13(15)11-16/h2-5,10-12H,6-9H2,1H3. The Labute approximate surface area is 108 Å². The van der Waals surface area contributed by atoms with Crippen molar-refractivity contribution in [2.45, 2.75) is 0 Å². The van der Waals surface area contributed by atoms with Gasteiger partial charge in [-0.15, -0.1) is 0 Å². The SMILES string of the molecule is CN1CCN(C2=CC34C=CC=CC3=CC2=C4)CC1. The van der Waals surface area contributed by atoms with Crippen LogP contribution in [0.25, 0.3) is 0 Å². The molecule has 1 unspecified atom stereocenters. The minimum Gasteiger partial charge on any atom is -0.369 e. The molecule has 0 aromatic carbocycles. The van der Waals surface area contributed by atoms with Crippen molar-refractivity contribution >= 4 is 0 Å². The Morgan fingerprint density at radius 2 is 1.89 bits per heavy atom. The summed E-state index contributed by atoms with van der Waals surface area (Å²) in [5.74, 6) is 0. The summed E-state index contributed by atoms with van der Waals surface area (Å²) in [6, 6.07) is 0. The summed E-state index contributed by atoms with van der Waals surface area (Å²) in [6.07, 6.45) is 16.1. The molecule has 0 amide bonds. The minimum absolute atomic E-state index is 0.0861. The van der Waals surface area contributed by atoms with Gasteiger partial charge < -0.3 is 9.80 Å². The van der Waals surface area contributed by atoms with Gasteiger partial charge in [0.25, 0.3) is 0 Å². The first-order chi connectivity index (χ1) is 8.77. The Balaban J connectivity index is 1.64. The number of piperazine rings is 1. The molecule has 1 aliphatic heterocycles. The predicted octanol–water partition coefficient (Wildman–Crippen LogP) is 2.11. The van der Waals surface area contributed by atoms with Crippen LogP contribution in [0.4, 0.5) is 0 Å². The van der Waals surface area contributed by atoms with Crippen LogP contribution in [-0.4, -0.2) is 43.0 Å². The molecule has 0 N–H and O–H groups in total. The molecule has 1 saturated heterocycles. The number of hydrogen-bond donors (Lipinski definition) is 0. The highest BCUT2D eigenvalue weighted by Gasteiger charge is 2.39. The summed E-state index contributed by atoms with van der Waals surface area (Å²) >= 11 is 0. The van der Waals surface area contributed by atoms with E-state index in [1.807, 2.05) is 0 Å². The monoisotopic (exact) mass is 238 g/mol. The van der Waals surface area contributed by atoms with Gasteiger partial charge in [-0.25, -0.2) is 0 Å². The number of allylic oxidation sites excluding steroid dienone is 8. The fourth-order valence-corrected chi connectivity index (χ4v) is 3.34. The fourth-order valence-electron chi connectivity index (χ4n) is 3.34. The maximum absolute atomic E-state index is 2.54. The summed E-state index contributed by atoms with van der Waals surface area (Å²) in [5.41, 5.74) is 4.39. The molecule has 2 nitrogen and oxygen atoms in total. The summed E-state index contributed by atoms with van der Waals surface area (Å²) in [7, 11) is 2.21. The first kappa shape index (κ1) is 10.4. The third-order valence-electron chi connectivity index (χ3n) is 4.48. The van der Waals surface area contributed by atoms with E-state index in [2.05, 4.69) is 59.4 Å². The molecule has 4 rings (SSSR count). The zero-order chi connectivity index (χ0) is 12.2. The average Bonchev–Trinajstić information content (AvgIpc) is 2.93. The van der Waals surface area contributed by atoms with Crippen molar-refractivity contribution in [2.75, 3.05) is 33.2 Å². The zero-order valence-corrected chi connectivity index (χ0v) is 10.8. The van der Waals surface area contributed by atoms with Crippen LogP contribution in [0.2, 0.25) is 0 Å². The molecular weight excluding hydrogens is 220 g/mol. The Hall–Kier alpha value is -1.54. The lowest BCUT2D eigenvalue weighted by atomic mass is 9.79. The van der Waals surface area contributed by atoms with Crippen molar-refractivity contribution in [2.24, 2.45) is 5.41 Å². The topological polar surface area (TPSA) is 6.48 Å². The second kappa shape index (κ2) is 3.48. The van der Waals surface area contributed by atoms with Gasteiger partial charge in [0.05, 0.1) is 5.41 Å². The maximum Gasteiger partial charge on any atom is 0.0528 e. The highest BCUT2D eigenvalue weighted by molar-refractivity contribution is 5.66. The highest BCUT2D eigenvalue weighted by atomic mass is 15.3. The molecule has 0 aromatic rings. The molecule has 0 saturated carbocycles. The third-order valence-corrected chi connectivity index (χ3v) is 4.48. The van der Waals surface area contributed by atoms with Gasteiger partial charge in [-0.3, -0.25) is 0 Å². The van der Waals surface area contributed by atoms with Gasteiger partial charge in [-0.05, 0) is 30.3 Å². The second-order valence-electron chi connectivity index (χ2n) is 5.67. The van der Waals surface area contributed by atoms with Crippen LogP contribution in [-0.2, 0) is 0 Å². The van der Waals surface area contributed by atoms with Gasteiger partial charge in [0.1, 0.15) is 0 Å². The zero-order valence-electron chi connectivity index (χ0n) is 10.8. The van der Waals surface area contributed by atoms with Crippen LogP contribution in [0.5, 0.6) is 0 Å². The molecule has 1 atom stereocenters. The Bertz CT molecular complexity index is 539. The largest absolute Gasteiger partial charge is 0.369 e. The van der Waals surface area contributed by atoms with Gasteiger partial charge >= 0.3 is 0 Å². The van der Waals surface area contributed by atoms with E-state index >= 15 is 0 Å². The number of likely N-dealkylation sites (N-methyl/N-ethyl adjacent to an activating group) is 1. The summed E-state index contributed by atoms with van der Waals surface area (Å²) in [4.78, 5) is 4.95. The smallest absolute Gasteiger partial charge is 0.0528 e. The quantitative estimate of drug-likeness (QED) is 0.690. The van der Waals surface area contributed by atoms with E-state index in [1.165, 1.54) is 29.9 Å². The normalized spacial score (nSPS) is 33.4. The van der Waals surface area contributed by atoms with Gasteiger partial charge in [0.2, 0.25) is 0 Å². The summed E-state index contributed by atoms with van der Waals surface area (Å²) in [6.45, 7) is 4.64. The Kier molecular flexibility index (Phi) is 2.01. The van der Waals surface area contributed by atoms with Gasteiger partial charge in [0, 0.05) is 31.9 Å². The van der Waals surface area contributed by atoms with Gasteiger partial charge in [-0.2, -0.15) is 0 Å². The lowest BCUT2D eigenvalue weighted by Gasteiger charge is -2.36. The van der Waals surface area contributed by atoms with E-state index < -0.39 is 0 Å². The molecule has 1 spiro atoms. The van der Waals surface area contributed by atoms with Crippen LogP contribution in [0.3, 0.4) is 0 Å². The van der Waals surface area contributed by atoms with Crippen molar-refractivity contribution < 1.29 is 0 Å². The molecule has 0 radical (unpaired) electrons. The molecule has 0 aromatic heterocycles. The van der Waals surface area contributed by atoms with E-state index in [-0.39, 0.29) is 5.41 Å². The number of hydrogen-bond acceptors (Lipinski definition) is 2. The molecule has 1 fully saturated rings. The Morgan fingerprint density at radius 3 is 2.72 bits per heavy atom. The summed E-state index contributed by atoms with van der Waals surface area (Å²) in [5, 5.41) is 0. The van der Waals surface area contributed by atoms with E-state index in [0.29, 0.717) is 0 Å². The van der Waals surface area contributed by atoms with Crippen molar-refractivity contribution in [1.82, 2.24) is 9.80 Å². The van der Waals surface area contributed by atoms with Crippen molar-refractivity contribution in [1.29, 1.82) is 0 Å². The molecule has 92 valence electrons. The molecule has 4 aliphatic rings. The van der Waals surface area contributed by atoms with Crippen molar-refractivity contribution in [3.8, 4) is 0 Å². The molecule has 1 heterocycles. The first-order valence-electron chi connectivity index (χ1n) is 6.75. The number of nitrogens with zero attached hydrogens (tertiary/aromatic N) is 2. The van der Waals surface area contributed by atoms with Crippen molar-refractivity contribution in [3.05, 3.63) is 59.4 Å². The van der Waals surface area contributed by atoms with Crippen LogP contribution in [0.1, 0.15) is 0 Å². The third kappa shape index (κ3) is 1.33. The maximum atomic E-state index is 2.54. The molecular formula is C16H18N2. The predicted molar refractivity (Wildman–Crippen MR) is 74.0 cm³/mol. The minimum atomic E-state index is 0.0861. The van der Waals surface area contributed by atoms with E-state index in [9.17, 15) is 0 Å². The second-order valence-corrected chi connectivity index (χ2v) is 5.67. The average molecular weight is 238 g/mol. The highest BCUT2D eigenvalue weighted by Crippen LogP contribution is 2.50. The van der Waals surface area contributed by atoms with Crippen molar-refractivity contribution in [3.63, 3.8) is 0 Å². The van der Waals surface area contributed by atoms with Gasteiger partial charge in [-0.1, -0.05) is 30.4 Å². The molecule has 3 aliphatic carbocycles. The van der Waals surface area contributed by atoms with Crippen LogP contribution >= 0.6 is 0 Å². The van der Waals surface area contributed by atoms with E-state index in [1.54, 1.807) is 0 Å². The first-order valence-corrected chi connectivity index (χ1v) is 6.75. The fraction of sp³-hybridized carbons (Fsp3) is 0.375. The van der Waals surface area contributed by atoms with Gasteiger partial charge in [0.15, 0.2) is 0 Å². The molecule has 2 bridgehead atoms. The molecule has 2 heteroatoms. The van der Waals surface area contributed by atoms with Crippen LogP contribution in [0.15, 0.2) is 59.4 Å². The summed E-state index contributed by atoms with van der Waals surface area (Å²) < 4.78 is 0. The number of rotatable bonds is 1. The lowest BCUT2D eigenvalue weighted by molar-refractivity contribution is 0.189. The lowest BCUT2D eigenvalue weighted by Crippen LogP contribution is -2.44. The Morgan fingerprint density at radius 1 is 1.06 bits per heavy atom.